The van der Waals surface area contributed by atoms with E-state index in [-0.39, 0.29) is 5.41 Å². The number of rotatable bonds is 4. The third-order valence-electron chi connectivity index (χ3n) is 10.2. The second kappa shape index (κ2) is 10.00. The first-order valence-electron chi connectivity index (χ1n) is 15.6. The molecule has 4 nitrogen and oxygen atoms in total. The Balaban J connectivity index is 1.01. The van der Waals surface area contributed by atoms with Gasteiger partial charge in [-0.15, -0.1) is 11.3 Å². The van der Waals surface area contributed by atoms with Crippen LogP contribution in [0.3, 0.4) is 0 Å². The molecule has 0 radical (unpaired) electrons. The second-order valence-corrected chi connectivity index (χ2v) is 28.4. The zero-order valence-corrected chi connectivity index (χ0v) is 33.6. The van der Waals surface area contributed by atoms with Crippen molar-refractivity contribution in [3.8, 4) is 40.4 Å². The summed E-state index contributed by atoms with van der Waals surface area (Å²) in [6, 6.07) is 18.9. The molecule has 0 amide bonds. The SMILES string of the molecule is Cc1cc2c(s1)-c1sc(-c3ccc(Cc4c[c]5c(s4)-c4sc(-c6ccc(C)c7nsnc67)c[c]4[Ge]5([CH3])[CH3])c4nsnc34)cc1C2(C)C. The van der Waals surface area contributed by atoms with Crippen molar-refractivity contribution < 1.29 is 0 Å². The summed E-state index contributed by atoms with van der Waals surface area (Å²) >= 11 is 8.01. The van der Waals surface area contributed by atoms with Crippen molar-refractivity contribution in [2.75, 3.05) is 0 Å². The molecule has 8 aromatic rings. The molecule has 10 rings (SSSR count). The summed E-state index contributed by atoms with van der Waals surface area (Å²) in [6.45, 7) is 9.08. The molecule has 0 saturated carbocycles. The van der Waals surface area contributed by atoms with Crippen LogP contribution in [0.5, 0.6) is 0 Å². The van der Waals surface area contributed by atoms with E-state index in [1.54, 1.807) is 8.79 Å². The molecule has 6 aromatic heterocycles. The van der Waals surface area contributed by atoms with Crippen LogP contribution >= 0.6 is 68.8 Å². The smallest absolute Gasteiger partial charge is 0.0516 e. The van der Waals surface area contributed by atoms with Gasteiger partial charge < -0.3 is 0 Å². The Morgan fingerprint density at radius 3 is 2.02 bits per heavy atom. The number of aromatic nitrogens is 4. The number of aryl methyl sites for hydroxylation is 2. The third-order valence-corrected chi connectivity index (χ3v) is 24.2. The summed E-state index contributed by atoms with van der Waals surface area (Å²) in [5, 5.41) is 0. The number of nitrogens with zero attached hydrogens (tertiary/aromatic N) is 4. The summed E-state index contributed by atoms with van der Waals surface area (Å²) in [5.74, 6) is 5.12. The number of hydrogen-bond acceptors (Lipinski definition) is 10. The van der Waals surface area contributed by atoms with E-state index in [0.717, 1.165) is 28.5 Å². The van der Waals surface area contributed by atoms with Crippen LogP contribution < -0.4 is 8.79 Å². The average Bonchev–Trinajstić information content (AvgIpc) is 3.88. The van der Waals surface area contributed by atoms with Crippen molar-refractivity contribution in [3.63, 3.8) is 0 Å². The third kappa shape index (κ3) is 4.06. The molecule has 0 spiro atoms. The van der Waals surface area contributed by atoms with Gasteiger partial charge >= 0.3 is 254 Å². The molecule has 0 N–H and O–H groups in total. The standard InChI is InChI=1S/C36H28GeN4S6/c1-16-7-9-20(30-28(16)38-46-40-30)27-15-25-35(45-27)34-24(37(25,5)6)13-19(43-34)12-18-8-10-21(31-29(18)39-47-41-31)26-14-23-33(44-26)32-22(36(23,3)4)11-17(2)42-32/h7-11,13-15H,12H2,1-6H3. The average molecular weight is 782 g/mol. The fraction of sp³-hybridized carbons (Fsp3) is 0.222. The van der Waals surface area contributed by atoms with Crippen LogP contribution in [0.15, 0.2) is 48.5 Å². The minimum absolute atomic E-state index is 0.0367. The maximum atomic E-state index is 4.87. The van der Waals surface area contributed by atoms with Crippen LogP contribution in [0, 0.1) is 13.8 Å². The Labute approximate surface area is 299 Å². The molecule has 2 aliphatic rings. The Hall–Kier alpha value is -2.58. The van der Waals surface area contributed by atoms with Gasteiger partial charge in [-0.25, -0.2) is 0 Å². The zero-order valence-electron chi connectivity index (χ0n) is 26.6. The molecular formula is C36H28GeN4S6. The van der Waals surface area contributed by atoms with Crippen molar-refractivity contribution in [2.24, 2.45) is 0 Å². The van der Waals surface area contributed by atoms with Crippen LogP contribution in [0.1, 0.15) is 45.9 Å². The maximum absolute atomic E-state index is 4.87. The molecule has 11 heteroatoms. The normalized spacial score (nSPS) is 15.4. The van der Waals surface area contributed by atoms with E-state index in [2.05, 4.69) is 92.1 Å². The minimum atomic E-state index is -2.44. The summed E-state index contributed by atoms with van der Waals surface area (Å²) < 4.78 is 22.3. The summed E-state index contributed by atoms with van der Waals surface area (Å²) in [6.07, 6.45) is 0.890. The molecule has 47 heavy (non-hydrogen) atoms. The quantitative estimate of drug-likeness (QED) is 0.167. The molecule has 0 fully saturated rings. The predicted molar refractivity (Wildman–Crippen MR) is 209 cm³/mol. The minimum Gasteiger partial charge on any atom is -0.0516 e. The van der Waals surface area contributed by atoms with Crippen molar-refractivity contribution in [1.29, 1.82) is 0 Å². The van der Waals surface area contributed by atoms with Gasteiger partial charge in [0.2, 0.25) is 0 Å². The topological polar surface area (TPSA) is 51.6 Å². The van der Waals surface area contributed by atoms with E-state index in [1.807, 2.05) is 45.3 Å². The summed E-state index contributed by atoms with van der Waals surface area (Å²) in [7, 11) is 0. The molecule has 232 valence electrons. The van der Waals surface area contributed by atoms with Crippen LogP contribution in [0.4, 0.5) is 0 Å². The van der Waals surface area contributed by atoms with E-state index < -0.39 is 13.3 Å². The molecule has 1 aliphatic heterocycles. The molecule has 0 unspecified atom stereocenters. The van der Waals surface area contributed by atoms with Crippen molar-refractivity contribution >= 4 is 113 Å². The van der Waals surface area contributed by atoms with Gasteiger partial charge in [-0.05, 0) is 18.6 Å². The Kier molecular flexibility index (Phi) is 6.24. The molecular weight excluding hydrogens is 753 g/mol. The number of fused-ring (bicyclic) bond motifs is 8. The molecule has 1 aliphatic carbocycles. The van der Waals surface area contributed by atoms with E-state index in [9.17, 15) is 0 Å². The van der Waals surface area contributed by atoms with Crippen LogP contribution in [0.25, 0.3) is 62.5 Å². The number of thiophene rings is 4. The first-order valence-corrected chi connectivity index (χ1v) is 26.6. The molecule has 0 bridgehead atoms. The van der Waals surface area contributed by atoms with Gasteiger partial charge in [0.15, 0.2) is 0 Å². The molecule has 7 heterocycles. The Morgan fingerprint density at radius 1 is 0.617 bits per heavy atom. The van der Waals surface area contributed by atoms with Crippen molar-refractivity contribution in [3.05, 3.63) is 80.5 Å². The first kappa shape index (κ1) is 29.3. The van der Waals surface area contributed by atoms with Crippen LogP contribution in [0.2, 0.25) is 11.5 Å². The fourth-order valence-electron chi connectivity index (χ4n) is 7.55. The van der Waals surface area contributed by atoms with Gasteiger partial charge in [-0.1, -0.05) is 13.8 Å². The summed E-state index contributed by atoms with van der Waals surface area (Å²) in [5.41, 5.74) is 12.0. The van der Waals surface area contributed by atoms with Crippen molar-refractivity contribution in [2.45, 2.75) is 51.0 Å². The second-order valence-electron chi connectivity index (χ2n) is 13.8. The predicted octanol–water partition coefficient (Wildman–Crippen LogP) is 10.6. The van der Waals surface area contributed by atoms with Crippen LogP contribution in [-0.4, -0.2) is 30.8 Å². The van der Waals surface area contributed by atoms with Gasteiger partial charge in [0, 0.05) is 4.88 Å². The van der Waals surface area contributed by atoms with E-state index in [1.165, 1.54) is 95.9 Å². The van der Waals surface area contributed by atoms with Gasteiger partial charge in [-0.3, -0.25) is 0 Å². The van der Waals surface area contributed by atoms with E-state index >= 15 is 0 Å². The van der Waals surface area contributed by atoms with Gasteiger partial charge in [0.25, 0.3) is 0 Å². The fourth-order valence-corrected chi connectivity index (χ4v) is 23.6. The van der Waals surface area contributed by atoms with Crippen LogP contribution in [-0.2, 0) is 11.8 Å². The molecule has 0 saturated heterocycles. The van der Waals surface area contributed by atoms with E-state index in [0.29, 0.717) is 0 Å². The van der Waals surface area contributed by atoms with Gasteiger partial charge in [0.05, 0.1) is 0 Å². The van der Waals surface area contributed by atoms with E-state index in [4.69, 9.17) is 13.1 Å². The van der Waals surface area contributed by atoms with Crippen molar-refractivity contribution in [1.82, 2.24) is 17.5 Å². The van der Waals surface area contributed by atoms with Gasteiger partial charge in [-0.2, -0.15) is 0 Å². The number of hydrogen-bond donors (Lipinski definition) is 0. The molecule has 0 atom stereocenters. The van der Waals surface area contributed by atoms with Gasteiger partial charge in [0.1, 0.15) is 0 Å². The number of benzene rings is 2. The molecule has 2 aromatic carbocycles. The first-order chi connectivity index (χ1) is 22.6. The summed E-state index contributed by atoms with van der Waals surface area (Å²) in [4.78, 5) is 11.3. The Morgan fingerprint density at radius 2 is 1.21 bits per heavy atom. The monoisotopic (exact) mass is 782 g/mol. The zero-order chi connectivity index (χ0) is 32.0. The Bertz CT molecular complexity index is 2600.